The summed E-state index contributed by atoms with van der Waals surface area (Å²) in [6.07, 6.45) is 0.665. The van der Waals surface area contributed by atoms with Gasteiger partial charge in [0.15, 0.2) is 0 Å². The van der Waals surface area contributed by atoms with E-state index in [0.29, 0.717) is 18.8 Å². The molecule has 0 saturated carbocycles. The number of nitrogens with one attached hydrogen (secondary N) is 1. The average Bonchev–Trinajstić information content (AvgIpc) is 1.84. The lowest BCUT2D eigenvalue weighted by Crippen LogP contribution is -2.29. The first-order chi connectivity index (χ1) is 5.48. The summed E-state index contributed by atoms with van der Waals surface area (Å²) >= 11 is 0. The molecule has 0 bridgehead atoms. The summed E-state index contributed by atoms with van der Waals surface area (Å²) in [5.74, 6) is 0.360. The van der Waals surface area contributed by atoms with Gasteiger partial charge in [0.05, 0.1) is 5.75 Å². The van der Waals surface area contributed by atoms with Crippen LogP contribution in [0.25, 0.3) is 0 Å². The monoisotopic (exact) mass is 197 g/mol. The van der Waals surface area contributed by atoms with Crippen LogP contribution in [0, 0.1) is 0 Å². The minimum atomic E-state index is -2.58. The van der Waals surface area contributed by atoms with Gasteiger partial charge in [-0.3, -0.25) is 9.11 Å². The summed E-state index contributed by atoms with van der Waals surface area (Å²) in [7, 11) is -0.984. The van der Waals surface area contributed by atoms with Gasteiger partial charge in [0.2, 0.25) is 0 Å². The third-order valence-electron chi connectivity index (χ3n) is 1.20. The SMILES string of the molecule is COCCCS(O)(O)NC(C)C. The molecular formula is C7H19NO3S. The highest BCUT2D eigenvalue weighted by Gasteiger charge is 2.11. The zero-order chi connectivity index (χ0) is 9.61. The summed E-state index contributed by atoms with van der Waals surface area (Å²) in [4.78, 5) is 0. The molecule has 0 aromatic carbocycles. The van der Waals surface area contributed by atoms with Gasteiger partial charge >= 0.3 is 0 Å². The van der Waals surface area contributed by atoms with Crippen molar-refractivity contribution in [2.75, 3.05) is 19.5 Å². The number of rotatable bonds is 6. The van der Waals surface area contributed by atoms with Crippen LogP contribution in [0.1, 0.15) is 20.3 Å². The molecule has 0 aromatic rings. The third-order valence-corrected chi connectivity index (χ3v) is 2.91. The van der Waals surface area contributed by atoms with Gasteiger partial charge in [-0.05, 0) is 20.3 Å². The molecule has 0 amide bonds. The van der Waals surface area contributed by atoms with Crippen LogP contribution in [0.5, 0.6) is 0 Å². The fourth-order valence-corrected chi connectivity index (χ4v) is 2.23. The normalized spacial score (nSPS) is 13.8. The molecule has 76 valence electrons. The minimum Gasteiger partial charge on any atom is -0.385 e. The molecule has 0 rings (SSSR count). The quantitative estimate of drug-likeness (QED) is 0.567. The highest BCUT2D eigenvalue weighted by atomic mass is 32.3. The zero-order valence-corrected chi connectivity index (χ0v) is 8.73. The molecule has 0 unspecified atom stereocenters. The van der Waals surface area contributed by atoms with E-state index in [1.807, 2.05) is 13.8 Å². The molecule has 0 heterocycles. The van der Waals surface area contributed by atoms with Crippen molar-refractivity contribution in [2.45, 2.75) is 26.3 Å². The molecule has 0 atom stereocenters. The molecule has 0 saturated heterocycles. The molecule has 0 aliphatic rings. The average molecular weight is 197 g/mol. The lowest BCUT2D eigenvalue weighted by atomic mass is 10.4. The zero-order valence-electron chi connectivity index (χ0n) is 7.91. The van der Waals surface area contributed by atoms with Gasteiger partial charge < -0.3 is 4.74 Å². The molecule has 0 radical (unpaired) electrons. The maximum absolute atomic E-state index is 9.38. The van der Waals surface area contributed by atoms with Gasteiger partial charge in [0.1, 0.15) is 0 Å². The van der Waals surface area contributed by atoms with E-state index >= 15 is 0 Å². The Kier molecular flexibility index (Phi) is 5.86. The van der Waals surface area contributed by atoms with E-state index in [0.717, 1.165) is 0 Å². The third kappa shape index (κ3) is 6.87. The lowest BCUT2D eigenvalue weighted by molar-refractivity contribution is 0.199. The van der Waals surface area contributed by atoms with E-state index in [1.54, 1.807) is 7.11 Å². The second-order valence-corrected chi connectivity index (χ2v) is 4.97. The predicted octanol–water partition coefficient (Wildman–Crippen LogP) is 1.69. The maximum Gasteiger partial charge on any atom is 0.0550 e. The van der Waals surface area contributed by atoms with Crippen LogP contribution in [0.2, 0.25) is 0 Å². The van der Waals surface area contributed by atoms with Crippen LogP contribution in [0.4, 0.5) is 0 Å². The highest BCUT2D eigenvalue weighted by molar-refractivity contribution is 8.22. The summed E-state index contributed by atoms with van der Waals surface area (Å²) in [6, 6.07) is 0.0949. The molecule has 4 nitrogen and oxygen atoms in total. The van der Waals surface area contributed by atoms with Crippen LogP contribution in [0.15, 0.2) is 0 Å². The van der Waals surface area contributed by atoms with Crippen LogP contribution >= 0.6 is 10.8 Å². The second kappa shape index (κ2) is 5.77. The van der Waals surface area contributed by atoms with Crippen LogP contribution in [-0.4, -0.2) is 34.6 Å². The Hall–Kier alpha value is 0.190. The predicted molar refractivity (Wildman–Crippen MR) is 52.5 cm³/mol. The highest BCUT2D eigenvalue weighted by Crippen LogP contribution is 2.34. The standard InChI is InChI=1S/C7H19NO3S/c1-7(2)8-12(9,10)6-4-5-11-3/h7-10H,4-6H2,1-3H3. The van der Waals surface area contributed by atoms with Crippen molar-refractivity contribution in [1.82, 2.24) is 4.72 Å². The number of ether oxygens (including phenoxy) is 1. The van der Waals surface area contributed by atoms with Crippen molar-refractivity contribution in [3.05, 3.63) is 0 Å². The fraction of sp³-hybridized carbons (Fsp3) is 1.00. The van der Waals surface area contributed by atoms with E-state index in [9.17, 15) is 9.11 Å². The second-order valence-electron chi connectivity index (χ2n) is 2.99. The Morgan fingerprint density at radius 1 is 1.42 bits per heavy atom. The Balaban J connectivity index is 3.56. The fourth-order valence-electron chi connectivity index (χ4n) is 0.841. The molecule has 0 aliphatic carbocycles. The number of methoxy groups -OCH3 is 1. The molecule has 3 N–H and O–H groups in total. The van der Waals surface area contributed by atoms with Crippen molar-refractivity contribution in [2.24, 2.45) is 0 Å². The van der Waals surface area contributed by atoms with Gasteiger partial charge in [-0.15, -0.1) is 10.8 Å². The first kappa shape index (κ1) is 12.2. The van der Waals surface area contributed by atoms with E-state index in [2.05, 4.69) is 4.72 Å². The minimum absolute atomic E-state index is 0.0949. The van der Waals surface area contributed by atoms with Crippen LogP contribution in [0.3, 0.4) is 0 Å². The Bertz CT molecular complexity index is 119. The van der Waals surface area contributed by atoms with Crippen LogP contribution in [-0.2, 0) is 4.74 Å². The van der Waals surface area contributed by atoms with Gasteiger partial charge in [-0.25, -0.2) is 4.72 Å². The summed E-state index contributed by atoms with van der Waals surface area (Å²) in [5.41, 5.74) is 0. The number of hydrogen-bond acceptors (Lipinski definition) is 4. The summed E-state index contributed by atoms with van der Waals surface area (Å²) in [6.45, 7) is 4.32. The van der Waals surface area contributed by atoms with E-state index in [4.69, 9.17) is 4.74 Å². The molecule has 5 heteroatoms. The summed E-state index contributed by atoms with van der Waals surface area (Å²) in [5, 5.41) is 0. The Labute approximate surface area is 75.8 Å². The largest absolute Gasteiger partial charge is 0.385 e. The van der Waals surface area contributed by atoms with Gasteiger partial charge in [-0.1, -0.05) is 0 Å². The van der Waals surface area contributed by atoms with Crippen molar-refractivity contribution < 1.29 is 13.8 Å². The molecule has 0 aliphatic heterocycles. The van der Waals surface area contributed by atoms with Gasteiger partial charge in [0.25, 0.3) is 0 Å². The van der Waals surface area contributed by atoms with Crippen molar-refractivity contribution in [1.29, 1.82) is 0 Å². The van der Waals surface area contributed by atoms with E-state index < -0.39 is 10.8 Å². The van der Waals surface area contributed by atoms with Crippen LogP contribution < -0.4 is 4.72 Å². The molecule has 0 fully saturated rings. The first-order valence-corrected chi connectivity index (χ1v) is 5.71. The van der Waals surface area contributed by atoms with Crippen molar-refractivity contribution in [3.8, 4) is 0 Å². The molecule has 12 heavy (non-hydrogen) atoms. The van der Waals surface area contributed by atoms with E-state index in [1.165, 1.54) is 0 Å². The molecule has 0 aromatic heterocycles. The molecule has 0 spiro atoms. The topological polar surface area (TPSA) is 61.7 Å². The lowest BCUT2D eigenvalue weighted by Gasteiger charge is -2.34. The van der Waals surface area contributed by atoms with E-state index in [-0.39, 0.29) is 6.04 Å². The number of hydrogen-bond donors (Lipinski definition) is 3. The Morgan fingerprint density at radius 2 is 2.00 bits per heavy atom. The maximum atomic E-state index is 9.38. The first-order valence-electron chi connectivity index (χ1n) is 4.00. The van der Waals surface area contributed by atoms with Crippen molar-refractivity contribution in [3.63, 3.8) is 0 Å². The van der Waals surface area contributed by atoms with Crippen molar-refractivity contribution >= 4 is 10.8 Å². The van der Waals surface area contributed by atoms with Gasteiger partial charge in [0, 0.05) is 19.8 Å². The van der Waals surface area contributed by atoms with Gasteiger partial charge in [-0.2, -0.15) is 0 Å². The smallest absolute Gasteiger partial charge is 0.0550 e. The molecular weight excluding hydrogens is 178 g/mol. The Morgan fingerprint density at radius 3 is 2.42 bits per heavy atom. The summed E-state index contributed by atoms with van der Waals surface area (Å²) < 4.78 is 26.3.